The van der Waals surface area contributed by atoms with E-state index in [1.165, 1.54) is 34.5 Å². The number of nitrogens with zero attached hydrogens (tertiary/aromatic N) is 4. The van der Waals surface area contributed by atoms with Crippen LogP contribution in [0.1, 0.15) is 26.0 Å². The van der Waals surface area contributed by atoms with Crippen LogP contribution in [0.15, 0.2) is 6.20 Å². The zero-order valence-electron chi connectivity index (χ0n) is 14.9. The number of nitro groups is 1. The molecule has 0 bridgehead atoms. The first-order valence-corrected chi connectivity index (χ1v) is 9.11. The van der Waals surface area contributed by atoms with Crippen molar-refractivity contribution in [3.8, 4) is 0 Å². The van der Waals surface area contributed by atoms with Gasteiger partial charge >= 0.3 is 11.7 Å². The van der Waals surface area contributed by atoms with Gasteiger partial charge in [-0.1, -0.05) is 0 Å². The molecule has 0 saturated carbocycles. The fourth-order valence-corrected chi connectivity index (χ4v) is 5.03. The number of fused-ring (bicyclic) bond motifs is 1. The number of aryl methyl sites for hydroxylation is 2. The first-order valence-electron chi connectivity index (χ1n) is 8.23. The van der Waals surface area contributed by atoms with Crippen LogP contribution in [-0.4, -0.2) is 64.7 Å². The molecule has 2 aliphatic rings. The van der Waals surface area contributed by atoms with Crippen molar-refractivity contribution < 1.29 is 24.4 Å². The molecule has 11 nitrogen and oxygen atoms in total. The number of rotatable bonds is 6. The summed E-state index contributed by atoms with van der Waals surface area (Å²) in [5, 5.41) is 26.4. The normalized spacial score (nSPS) is 25.7. The van der Waals surface area contributed by atoms with Crippen molar-refractivity contribution >= 4 is 35.2 Å². The predicted octanol–water partition coefficient (Wildman–Crippen LogP) is 0.122. The molecule has 3 atom stereocenters. The van der Waals surface area contributed by atoms with Crippen molar-refractivity contribution in [3.63, 3.8) is 0 Å². The lowest BCUT2D eigenvalue weighted by atomic mass is 9.96. The zero-order valence-corrected chi connectivity index (χ0v) is 15.7. The zero-order chi connectivity index (χ0) is 20.1. The van der Waals surface area contributed by atoms with Crippen LogP contribution in [0.25, 0.3) is 0 Å². The lowest BCUT2D eigenvalue weighted by Crippen LogP contribution is -2.70. The summed E-state index contributed by atoms with van der Waals surface area (Å²) >= 11 is 1.35. The van der Waals surface area contributed by atoms with Crippen LogP contribution >= 0.6 is 11.8 Å². The number of β-lactam (4-membered cyclic amide) rings is 1. The number of nitrogens with one attached hydrogen (secondary N) is 1. The maximum Gasteiger partial charge on any atom is 0.327 e. The number of hydrogen-bond acceptors (Lipinski definition) is 7. The highest BCUT2D eigenvalue weighted by Gasteiger charge is 2.64. The Kier molecular flexibility index (Phi) is 4.62. The fourth-order valence-electron chi connectivity index (χ4n) is 3.41. The molecule has 2 N–H and O–H groups in total. The van der Waals surface area contributed by atoms with Gasteiger partial charge in [-0.25, -0.2) is 4.79 Å². The minimum absolute atomic E-state index is 0.00874. The van der Waals surface area contributed by atoms with E-state index in [9.17, 15) is 29.6 Å². The summed E-state index contributed by atoms with van der Waals surface area (Å²) in [4.78, 5) is 47.5. The van der Waals surface area contributed by atoms with Crippen molar-refractivity contribution in [2.24, 2.45) is 0 Å². The van der Waals surface area contributed by atoms with Crippen LogP contribution in [0, 0.1) is 17.0 Å². The molecule has 0 aromatic carbocycles. The highest BCUT2D eigenvalue weighted by molar-refractivity contribution is 8.01. The van der Waals surface area contributed by atoms with Crippen LogP contribution in [0.5, 0.6) is 0 Å². The Morgan fingerprint density at radius 3 is 2.70 bits per heavy atom. The number of carboxylic acid groups (broad SMARTS) is 1. The topological polar surface area (TPSA) is 148 Å². The molecule has 3 heterocycles. The quantitative estimate of drug-likeness (QED) is 0.391. The molecule has 1 aromatic rings. The summed E-state index contributed by atoms with van der Waals surface area (Å²) in [6.45, 7) is 5.15. The summed E-state index contributed by atoms with van der Waals surface area (Å²) < 4.78 is 0.660. The number of carbonyl (C=O) groups excluding carboxylic acids is 2. The maximum absolute atomic E-state index is 12.3. The van der Waals surface area contributed by atoms with Crippen molar-refractivity contribution in [2.45, 2.75) is 55.9 Å². The van der Waals surface area contributed by atoms with Crippen LogP contribution in [0.4, 0.5) is 5.69 Å². The fraction of sp³-hybridized carbons (Fsp3) is 0.600. The lowest BCUT2D eigenvalue weighted by Gasteiger charge is -2.43. The monoisotopic (exact) mass is 397 g/mol. The summed E-state index contributed by atoms with van der Waals surface area (Å²) in [5.41, 5.74) is 0.138. The molecule has 12 heteroatoms. The molecule has 2 amide bonds. The van der Waals surface area contributed by atoms with Crippen molar-refractivity contribution in [2.75, 3.05) is 0 Å². The van der Waals surface area contributed by atoms with Crippen molar-refractivity contribution in [1.82, 2.24) is 20.0 Å². The van der Waals surface area contributed by atoms with E-state index in [0.717, 1.165) is 0 Å². The number of amides is 2. The number of carboxylic acids is 1. The number of aliphatic carboxylic acids is 1. The molecule has 0 aliphatic carbocycles. The SMILES string of the molecule is Cc1nn(CCC(=O)N[C@@H]2C(=O)N3[C@@H](C(=O)O)C(C)(C)S[C@@H]23)cc1[N+](=O)[O-]. The second-order valence-electron chi connectivity index (χ2n) is 7.01. The van der Waals surface area contributed by atoms with Crippen LogP contribution in [0.2, 0.25) is 0 Å². The molecule has 2 fully saturated rings. The average Bonchev–Trinajstić information content (AvgIpc) is 3.06. The summed E-state index contributed by atoms with van der Waals surface area (Å²) in [6, 6.07) is -1.69. The van der Waals surface area contributed by atoms with E-state index >= 15 is 0 Å². The van der Waals surface area contributed by atoms with Crippen LogP contribution in [0.3, 0.4) is 0 Å². The number of carbonyl (C=O) groups is 3. The first kappa shape index (κ1) is 19.1. The van der Waals surface area contributed by atoms with Gasteiger partial charge in [-0.2, -0.15) is 5.10 Å². The van der Waals surface area contributed by atoms with Gasteiger partial charge in [0.15, 0.2) is 0 Å². The first-order chi connectivity index (χ1) is 12.5. The third kappa shape index (κ3) is 3.24. The molecule has 0 radical (unpaired) electrons. The summed E-state index contributed by atoms with van der Waals surface area (Å²) in [5.74, 6) is -1.88. The van der Waals surface area contributed by atoms with Gasteiger partial charge in [-0.3, -0.25) is 24.4 Å². The van der Waals surface area contributed by atoms with Gasteiger partial charge in [-0.05, 0) is 20.8 Å². The molecular weight excluding hydrogens is 378 g/mol. The second kappa shape index (κ2) is 6.51. The molecule has 1 aromatic heterocycles. The van der Waals surface area contributed by atoms with Crippen LogP contribution < -0.4 is 5.32 Å². The third-order valence-corrected chi connectivity index (χ3v) is 6.25. The van der Waals surface area contributed by atoms with E-state index in [0.29, 0.717) is 0 Å². The molecule has 3 rings (SSSR count). The number of aromatic nitrogens is 2. The Labute approximate surface area is 158 Å². The van der Waals surface area contributed by atoms with Gasteiger partial charge in [0.05, 0.1) is 4.92 Å². The minimum Gasteiger partial charge on any atom is -0.480 e. The van der Waals surface area contributed by atoms with E-state index < -0.39 is 44.9 Å². The number of thioether (sulfide) groups is 1. The highest BCUT2D eigenvalue weighted by Crippen LogP contribution is 2.50. The molecular formula is C15H19N5O6S. The predicted molar refractivity (Wildman–Crippen MR) is 93.9 cm³/mol. The Morgan fingerprint density at radius 2 is 2.15 bits per heavy atom. The molecule has 2 aliphatic heterocycles. The highest BCUT2D eigenvalue weighted by atomic mass is 32.2. The van der Waals surface area contributed by atoms with E-state index in [1.807, 2.05) is 0 Å². The smallest absolute Gasteiger partial charge is 0.327 e. The second-order valence-corrected chi connectivity index (χ2v) is 8.78. The van der Waals surface area contributed by atoms with Crippen LogP contribution in [-0.2, 0) is 20.9 Å². The molecule has 0 spiro atoms. The summed E-state index contributed by atoms with van der Waals surface area (Å²) in [6.07, 6.45) is 1.25. The van der Waals surface area contributed by atoms with Crippen molar-refractivity contribution in [1.29, 1.82) is 0 Å². The minimum atomic E-state index is -1.07. The van der Waals surface area contributed by atoms with Gasteiger partial charge < -0.3 is 15.3 Å². The molecule has 2 saturated heterocycles. The third-order valence-electron chi connectivity index (χ3n) is 4.68. The lowest BCUT2D eigenvalue weighted by molar-refractivity contribution is -0.385. The van der Waals surface area contributed by atoms with Gasteiger partial charge in [0.1, 0.15) is 29.3 Å². The van der Waals surface area contributed by atoms with Gasteiger partial charge in [0, 0.05) is 17.7 Å². The van der Waals surface area contributed by atoms with E-state index in [2.05, 4.69) is 10.4 Å². The van der Waals surface area contributed by atoms with Gasteiger partial charge in [0.2, 0.25) is 11.8 Å². The van der Waals surface area contributed by atoms with Gasteiger partial charge in [0.25, 0.3) is 0 Å². The molecule has 27 heavy (non-hydrogen) atoms. The number of hydrogen-bond donors (Lipinski definition) is 2. The summed E-state index contributed by atoms with van der Waals surface area (Å²) in [7, 11) is 0. The van der Waals surface area contributed by atoms with E-state index in [1.54, 1.807) is 13.8 Å². The van der Waals surface area contributed by atoms with E-state index in [-0.39, 0.29) is 24.3 Å². The maximum atomic E-state index is 12.3. The molecule has 0 unspecified atom stereocenters. The average molecular weight is 397 g/mol. The van der Waals surface area contributed by atoms with E-state index in [4.69, 9.17) is 0 Å². The van der Waals surface area contributed by atoms with Crippen molar-refractivity contribution in [3.05, 3.63) is 22.0 Å². The largest absolute Gasteiger partial charge is 0.480 e. The standard InChI is InChI=1S/C15H19N5O6S/c1-7-8(20(25)26)6-18(17-7)5-4-9(21)16-10-12(22)19-11(14(23)24)15(2,3)27-13(10)19/h6,10-11,13H,4-5H2,1-3H3,(H,16,21)(H,23,24)/t10-,11+,13+/m1/s1. The Balaban J connectivity index is 1.58. The Hall–Kier alpha value is -2.63. The molecule has 146 valence electrons. The Morgan fingerprint density at radius 1 is 1.48 bits per heavy atom. The Bertz CT molecular complexity index is 837. The van der Waals surface area contributed by atoms with Gasteiger partial charge in [-0.15, -0.1) is 11.8 Å².